The normalized spacial score (nSPS) is 28.3. The molecule has 1 aromatic heterocycles. The minimum Gasteiger partial charge on any atom is -0.467 e. The predicted octanol–water partition coefficient (Wildman–Crippen LogP) is 2.11. The van der Waals surface area contributed by atoms with E-state index in [1.807, 2.05) is 12.1 Å². The van der Waals surface area contributed by atoms with Gasteiger partial charge in [-0.15, -0.1) is 0 Å². The number of hydrogen-bond acceptors (Lipinski definition) is 4. The monoisotopic (exact) mass is 361 g/mol. The zero-order valence-corrected chi connectivity index (χ0v) is 16.1. The van der Waals surface area contributed by atoms with Gasteiger partial charge in [0.05, 0.1) is 18.7 Å². The quantitative estimate of drug-likeness (QED) is 0.843. The first-order chi connectivity index (χ1) is 12.4. The van der Waals surface area contributed by atoms with Crippen molar-refractivity contribution < 1.29 is 14.0 Å². The summed E-state index contributed by atoms with van der Waals surface area (Å²) in [5, 5.41) is 3.12. The maximum atomic E-state index is 12.6. The molecule has 4 unspecified atom stereocenters. The highest BCUT2D eigenvalue weighted by Gasteiger charge is 2.35. The molecule has 0 saturated carbocycles. The molecule has 2 saturated heterocycles. The number of amides is 2. The van der Waals surface area contributed by atoms with E-state index < -0.39 is 0 Å². The third kappa shape index (κ3) is 4.87. The van der Waals surface area contributed by atoms with Gasteiger partial charge in [-0.2, -0.15) is 0 Å². The summed E-state index contributed by atoms with van der Waals surface area (Å²) >= 11 is 0. The first kappa shape index (κ1) is 19.0. The Bertz CT molecular complexity index is 606. The molecule has 26 heavy (non-hydrogen) atoms. The second kappa shape index (κ2) is 8.25. The summed E-state index contributed by atoms with van der Waals surface area (Å²) < 4.78 is 5.31. The van der Waals surface area contributed by atoms with Crippen LogP contribution in [0.1, 0.15) is 39.4 Å². The van der Waals surface area contributed by atoms with Gasteiger partial charge in [0.15, 0.2) is 0 Å². The fourth-order valence-electron chi connectivity index (χ4n) is 4.43. The van der Waals surface area contributed by atoms with Crippen LogP contribution in [0.25, 0.3) is 0 Å². The SMILES string of the molecule is CC1CC(C)CN(CC(C)NC(=O)C2CC(=O)N(Cc3ccco3)C2)C1. The van der Waals surface area contributed by atoms with Gasteiger partial charge in [-0.25, -0.2) is 0 Å². The Morgan fingerprint density at radius 2 is 2.04 bits per heavy atom. The molecule has 1 N–H and O–H groups in total. The topological polar surface area (TPSA) is 65.8 Å². The van der Waals surface area contributed by atoms with Crippen LogP contribution in [0.5, 0.6) is 0 Å². The molecular formula is C20H31N3O3. The van der Waals surface area contributed by atoms with Crippen molar-refractivity contribution in [2.24, 2.45) is 17.8 Å². The Morgan fingerprint density at radius 3 is 2.69 bits per heavy atom. The van der Waals surface area contributed by atoms with Crippen molar-refractivity contribution in [3.8, 4) is 0 Å². The third-order valence-corrected chi connectivity index (χ3v) is 5.38. The van der Waals surface area contributed by atoms with E-state index in [0.29, 0.717) is 24.9 Å². The van der Waals surface area contributed by atoms with Crippen molar-refractivity contribution in [2.75, 3.05) is 26.2 Å². The Kier molecular flexibility index (Phi) is 6.01. The molecule has 2 amide bonds. The van der Waals surface area contributed by atoms with Gasteiger partial charge in [-0.3, -0.25) is 9.59 Å². The van der Waals surface area contributed by atoms with Crippen LogP contribution in [0.4, 0.5) is 0 Å². The van der Waals surface area contributed by atoms with Crippen molar-refractivity contribution in [3.05, 3.63) is 24.2 Å². The summed E-state index contributed by atoms with van der Waals surface area (Å²) in [7, 11) is 0. The minimum absolute atomic E-state index is 0.00842. The molecule has 0 aromatic carbocycles. The van der Waals surface area contributed by atoms with Crippen LogP contribution in [0.15, 0.2) is 22.8 Å². The number of nitrogens with zero attached hydrogens (tertiary/aromatic N) is 2. The van der Waals surface area contributed by atoms with Crippen LogP contribution >= 0.6 is 0 Å². The molecule has 4 atom stereocenters. The number of carbonyl (C=O) groups excluding carboxylic acids is 2. The van der Waals surface area contributed by atoms with Gasteiger partial charge in [-0.05, 0) is 37.3 Å². The van der Waals surface area contributed by atoms with E-state index in [1.54, 1.807) is 11.2 Å². The molecular weight excluding hydrogens is 330 g/mol. The molecule has 2 aliphatic rings. The van der Waals surface area contributed by atoms with Gasteiger partial charge in [0, 0.05) is 38.6 Å². The van der Waals surface area contributed by atoms with Gasteiger partial charge in [0.25, 0.3) is 0 Å². The molecule has 3 heterocycles. The van der Waals surface area contributed by atoms with Gasteiger partial charge < -0.3 is 19.5 Å². The second-order valence-corrected chi connectivity index (χ2v) is 8.33. The zero-order chi connectivity index (χ0) is 18.7. The highest BCUT2D eigenvalue weighted by molar-refractivity contribution is 5.89. The summed E-state index contributed by atoms with van der Waals surface area (Å²) in [6, 6.07) is 3.75. The number of furan rings is 1. The van der Waals surface area contributed by atoms with Crippen LogP contribution in [-0.4, -0.2) is 53.8 Å². The van der Waals surface area contributed by atoms with Gasteiger partial charge in [0.1, 0.15) is 5.76 Å². The van der Waals surface area contributed by atoms with Crippen molar-refractivity contribution in [2.45, 2.75) is 46.2 Å². The highest BCUT2D eigenvalue weighted by Crippen LogP contribution is 2.22. The number of carbonyl (C=O) groups is 2. The number of piperidine rings is 1. The first-order valence-electron chi connectivity index (χ1n) is 9.73. The first-order valence-corrected chi connectivity index (χ1v) is 9.73. The lowest BCUT2D eigenvalue weighted by molar-refractivity contribution is -0.129. The fraction of sp³-hybridized carbons (Fsp3) is 0.700. The van der Waals surface area contributed by atoms with Crippen LogP contribution in [0, 0.1) is 17.8 Å². The Morgan fingerprint density at radius 1 is 1.31 bits per heavy atom. The van der Waals surface area contributed by atoms with E-state index in [2.05, 4.69) is 31.0 Å². The van der Waals surface area contributed by atoms with E-state index in [4.69, 9.17) is 4.42 Å². The Balaban J connectivity index is 1.46. The Hall–Kier alpha value is -1.82. The average molecular weight is 361 g/mol. The maximum absolute atomic E-state index is 12.6. The van der Waals surface area contributed by atoms with E-state index >= 15 is 0 Å². The van der Waals surface area contributed by atoms with E-state index in [1.165, 1.54) is 6.42 Å². The van der Waals surface area contributed by atoms with Gasteiger partial charge in [-0.1, -0.05) is 13.8 Å². The largest absolute Gasteiger partial charge is 0.467 e. The predicted molar refractivity (Wildman–Crippen MR) is 99.2 cm³/mol. The maximum Gasteiger partial charge on any atom is 0.225 e. The van der Waals surface area contributed by atoms with Gasteiger partial charge >= 0.3 is 0 Å². The van der Waals surface area contributed by atoms with Gasteiger partial charge in [0.2, 0.25) is 11.8 Å². The van der Waals surface area contributed by atoms with Crippen LogP contribution in [0.3, 0.4) is 0 Å². The fourth-order valence-corrected chi connectivity index (χ4v) is 4.43. The van der Waals surface area contributed by atoms with Crippen LogP contribution in [-0.2, 0) is 16.1 Å². The summed E-state index contributed by atoms with van der Waals surface area (Å²) in [6.45, 7) is 10.6. The van der Waals surface area contributed by atoms with Crippen LogP contribution < -0.4 is 5.32 Å². The Labute approximate surface area is 155 Å². The number of likely N-dealkylation sites (tertiary alicyclic amines) is 2. The molecule has 2 aliphatic heterocycles. The number of nitrogens with one attached hydrogen (secondary N) is 1. The molecule has 3 rings (SSSR count). The summed E-state index contributed by atoms with van der Waals surface area (Å²) in [5.41, 5.74) is 0. The third-order valence-electron chi connectivity index (χ3n) is 5.38. The second-order valence-electron chi connectivity index (χ2n) is 8.33. The van der Waals surface area contributed by atoms with E-state index in [0.717, 1.165) is 25.4 Å². The average Bonchev–Trinajstić information content (AvgIpc) is 3.17. The van der Waals surface area contributed by atoms with E-state index in [9.17, 15) is 9.59 Å². The lowest BCUT2D eigenvalue weighted by Crippen LogP contribution is -2.48. The number of rotatable bonds is 6. The standard InChI is InChI=1S/C20H31N3O3/c1-14-7-15(2)10-22(9-14)11-16(3)21-20(25)17-8-19(24)23(12-17)13-18-5-4-6-26-18/h4-6,14-17H,7-13H2,1-3H3,(H,21,25). The molecule has 6 heteroatoms. The lowest BCUT2D eigenvalue weighted by atomic mass is 9.91. The highest BCUT2D eigenvalue weighted by atomic mass is 16.3. The minimum atomic E-state index is -0.265. The molecule has 0 bridgehead atoms. The lowest BCUT2D eigenvalue weighted by Gasteiger charge is -2.36. The summed E-state index contributed by atoms with van der Waals surface area (Å²) in [4.78, 5) is 28.9. The molecule has 0 spiro atoms. The summed E-state index contributed by atoms with van der Waals surface area (Å²) in [6.07, 6.45) is 3.17. The van der Waals surface area contributed by atoms with Crippen LogP contribution in [0.2, 0.25) is 0 Å². The van der Waals surface area contributed by atoms with Crippen molar-refractivity contribution in [1.82, 2.24) is 15.1 Å². The molecule has 1 aromatic rings. The zero-order valence-electron chi connectivity index (χ0n) is 16.1. The molecule has 144 valence electrons. The van der Waals surface area contributed by atoms with Crippen molar-refractivity contribution in [3.63, 3.8) is 0 Å². The smallest absolute Gasteiger partial charge is 0.225 e. The summed E-state index contributed by atoms with van der Waals surface area (Å²) in [5.74, 6) is 1.92. The van der Waals surface area contributed by atoms with Crippen molar-refractivity contribution >= 4 is 11.8 Å². The van der Waals surface area contributed by atoms with Crippen molar-refractivity contribution in [1.29, 1.82) is 0 Å². The molecule has 0 aliphatic carbocycles. The molecule has 0 radical (unpaired) electrons. The van der Waals surface area contributed by atoms with E-state index in [-0.39, 0.29) is 30.2 Å². The molecule has 6 nitrogen and oxygen atoms in total. The molecule has 2 fully saturated rings. The number of hydrogen-bond donors (Lipinski definition) is 1.